The van der Waals surface area contributed by atoms with Crippen LogP contribution in [0.5, 0.6) is 23.0 Å². The zero-order valence-electron chi connectivity index (χ0n) is 40.2. The molecular formula is C66H49BN2O2. The Morgan fingerprint density at radius 2 is 0.662 bits per heavy atom. The summed E-state index contributed by atoms with van der Waals surface area (Å²) in [6.07, 6.45) is 0. The fourth-order valence-corrected chi connectivity index (χ4v) is 12.2. The summed E-state index contributed by atoms with van der Waals surface area (Å²) in [5.74, 6) is 3.46. The molecule has 10 aromatic carbocycles. The second kappa shape index (κ2) is 15.5. The van der Waals surface area contributed by atoms with Crippen molar-refractivity contribution in [3.8, 4) is 56.4 Å². The van der Waals surface area contributed by atoms with E-state index in [1.807, 2.05) is 0 Å². The lowest BCUT2D eigenvalue weighted by Gasteiger charge is -2.35. The van der Waals surface area contributed by atoms with Crippen molar-refractivity contribution in [1.82, 2.24) is 0 Å². The van der Waals surface area contributed by atoms with Crippen molar-refractivity contribution in [2.24, 2.45) is 0 Å². The van der Waals surface area contributed by atoms with Gasteiger partial charge in [-0.1, -0.05) is 155 Å². The zero-order valence-corrected chi connectivity index (χ0v) is 40.2. The van der Waals surface area contributed by atoms with E-state index >= 15 is 0 Å². The molecule has 71 heavy (non-hydrogen) atoms. The number of hydrogen-bond donors (Lipinski definition) is 0. The summed E-state index contributed by atoms with van der Waals surface area (Å²) in [5.41, 5.74) is 21.9. The van der Waals surface area contributed by atoms with Crippen molar-refractivity contribution in [2.75, 3.05) is 9.80 Å². The van der Waals surface area contributed by atoms with E-state index in [9.17, 15) is 0 Å². The number of nitrogens with zero attached hydrogens (tertiary/aromatic N) is 2. The van der Waals surface area contributed by atoms with Crippen molar-refractivity contribution in [3.05, 3.63) is 247 Å². The molecule has 0 atom stereocenters. The highest BCUT2D eigenvalue weighted by Crippen LogP contribution is 2.55. The summed E-state index contributed by atoms with van der Waals surface area (Å²) in [7, 11) is 0. The van der Waals surface area contributed by atoms with Gasteiger partial charge in [0.05, 0.1) is 0 Å². The summed E-state index contributed by atoms with van der Waals surface area (Å²) < 4.78 is 14.4. The molecule has 2 heterocycles. The van der Waals surface area contributed by atoms with Crippen LogP contribution in [0.1, 0.15) is 49.9 Å². The van der Waals surface area contributed by atoms with Crippen LogP contribution in [0.3, 0.4) is 0 Å². The van der Waals surface area contributed by atoms with Gasteiger partial charge in [0.15, 0.2) is 0 Å². The van der Waals surface area contributed by atoms with Gasteiger partial charge in [0, 0.05) is 50.4 Å². The van der Waals surface area contributed by atoms with E-state index < -0.39 is 0 Å². The van der Waals surface area contributed by atoms with E-state index in [1.54, 1.807) is 0 Å². The Morgan fingerprint density at radius 3 is 1.04 bits per heavy atom. The smallest absolute Gasteiger partial charge is 0.260 e. The molecule has 2 aliphatic heterocycles. The first-order valence-electron chi connectivity index (χ1n) is 24.8. The number of para-hydroxylation sites is 4. The quantitative estimate of drug-likeness (QED) is 0.149. The minimum atomic E-state index is -0.296. The van der Waals surface area contributed by atoms with Gasteiger partial charge < -0.3 is 19.3 Å². The Morgan fingerprint density at radius 1 is 0.310 bits per heavy atom. The molecule has 0 saturated heterocycles. The predicted octanol–water partition coefficient (Wildman–Crippen LogP) is 15.6. The molecule has 0 spiro atoms. The highest BCUT2D eigenvalue weighted by molar-refractivity contribution is 6.98. The van der Waals surface area contributed by atoms with Gasteiger partial charge in [-0.3, -0.25) is 0 Å². The SMILES string of the molecule is CC1(C)c2cc(N(c3ccccc3)c3ccccc3)ccc2-c2cc3c(cc21)B1c2cc4c(cc2Oc2cc(-c5ccccc5)cc(c21)O3)-c1ccc(N(c2ccccc2)c2ccccc2)cc1C4(C)C. The first-order chi connectivity index (χ1) is 34.7. The second-order valence-corrected chi connectivity index (χ2v) is 20.5. The topological polar surface area (TPSA) is 24.9 Å². The second-order valence-electron chi connectivity index (χ2n) is 20.5. The standard InChI is InChI=1S/C66H49BN2O2/c1-65(2)54-36-48(68(44-22-12-6-13-23-44)45-24-14-7-15-25-45)30-32-50(54)52-38-60-58(40-56(52)65)67-59-41-57-53(39-61(59)71-63-35-43(34-62(70-60)64(63)67)42-20-10-5-11-21-42)51-33-31-49(37-55(51)66(57,3)4)69(46-26-16-8-17-27-46)47-28-18-9-19-29-47/h5-41H,1-4H3. The Labute approximate surface area is 416 Å². The monoisotopic (exact) mass is 912 g/mol. The summed E-state index contributed by atoms with van der Waals surface area (Å²) in [4.78, 5) is 4.72. The lowest BCUT2D eigenvalue weighted by atomic mass is 9.34. The van der Waals surface area contributed by atoms with Gasteiger partial charge in [-0.2, -0.15) is 0 Å². The molecule has 14 rings (SSSR count). The average molecular weight is 913 g/mol. The third kappa shape index (κ3) is 6.32. The Hall–Kier alpha value is -8.54. The maximum absolute atomic E-state index is 7.19. The fraction of sp³-hybridized carbons (Fsp3) is 0.0909. The normalized spacial score (nSPS) is 14.3. The van der Waals surface area contributed by atoms with Crippen LogP contribution in [0.15, 0.2) is 224 Å². The third-order valence-corrected chi connectivity index (χ3v) is 15.7. The molecule has 2 aliphatic carbocycles. The van der Waals surface area contributed by atoms with Crippen LogP contribution in [-0.2, 0) is 10.8 Å². The van der Waals surface area contributed by atoms with Crippen LogP contribution in [0, 0.1) is 0 Å². The predicted molar refractivity (Wildman–Crippen MR) is 294 cm³/mol. The first-order valence-corrected chi connectivity index (χ1v) is 24.8. The third-order valence-electron chi connectivity index (χ3n) is 15.7. The van der Waals surface area contributed by atoms with E-state index in [0.29, 0.717) is 0 Å². The zero-order chi connectivity index (χ0) is 47.6. The molecule has 0 saturated carbocycles. The molecule has 338 valence electrons. The summed E-state index contributed by atoms with van der Waals surface area (Å²) in [6.45, 7) is 9.42. The molecule has 4 aliphatic rings. The molecule has 0 amide bonds. The fourth-order valence-electron chi connectivity index (χ4n) is 12.2. The largest absolute Gasteiger partial charge is 0.458 e. The average Bonchev–Trinajstić information content (AvgIpc) is 3.77. The van der Waals surface area contributed by atoms with E-state index in [-0.39, 0.29) is 17.5 Å². The number of fused-ring (bicyclic) bond motifs is 10. The number of ether oxygens (including phenoxy) is 2. The lowest BCUT2D eigenvalue weighted by Crippen LogP contribution is -2.57. The minimum absolute atomic E-state index is 0.114. The molecule has 0 aromatic heterocycles. The summed E-state index contributed by atoms with van der Waals surface area (Å²) in [5, 5.41) is 0. The van der Waals surface area contributed by atoms with Crippen LogP contribution in [0.25, 0.3) is 33.4 Å². The van der Waals surface area contributed by atoms with Crippen molar-refractivity contribution >= 4 is 57.2 Å². The van der Waals surface area contributed by atoms with E-state index in [2.05, 4.69) is 262 Å². The van der Waals surface area contributed by atoms with Gasteiger partial charge in [0.2, 0.25) is 0 Å². The van der Waals surface area contributed by atoms with Gasteiger partial charge in [0.25, 0.3) is 6.71 Å². The van der Waals surface area contributed by atoms with Crippen LogP contribution >= 0.6 is 0 Å². The molecule has 4 nitrogen and oxygen atoms in total. The van der Waals surface area contributed by atoms with Crippen molar-refractivity contribution < 1.29 is 9.47 Å². The molecule has 0 unspecified atom stereocenters. The number of anilines is 6. The van der Waals surface area contributed by atoms with Gasteiger partial charge >= 0.3 is 0 Å². The molecule has 0 bridgehead atoms. The maximum atomic E-state index is 7.19. The minimum Gasteiger partial charge on any atom is -0.458 e. The number of hydrogen-bond acceptors (Lipinski definition) is 4. The molecule has 0 N–H and O–H groups in total. The van der Waals surface area contributed by atoms with Crippen molar-refractivity contribution in [1.29, 1.82) is 0 Å². The van der Waals surface area contributed by atoms with E-state index in [0.717, 1.165) is 73.7 Å². The van der Waals surface area contributed by atoms with Gasteiger partial charge in [-0.05, 0) is 164 Å². The van der Waals surface area contributed by atoms with Crippen LogP contribution < -0.4 is 35.7 Å². The van der Waals surface area contributed by atoms with E-state index in [1.165, 1.54) is 55.4 Å². The molecule has 0 radical (unpaired) electrons. The Balaban J connectivity index is 0.921. The van der Waals surface area contributed by atoms with Crippen molar-refractivity contribution in [2.45, 2.75) is 38.5 Å². The lowest BCUT2D eigenvalue weighted by molar-refractivity contribution is 0.464. The summed E-state index contributed by atoms with van der Waals surface area (Å²) in [6, 6.07) is 81.3. The van der Waals surface area contributed by atoms with Crippen LogP contribution in [0.4, 0.5) is 34.1 Å². The van der Waals surface area contributed by atoms with E-state index in [4.69, 9.17) is 9.47 Å². The van der Waals surface area contributed by atoms with Gasteiger partial charge in [0.1, 0.15) is 23.0 Å². The molecule has 10 aromatic rings. The molecule has 5 heteroatoms. The van der Waals surface area contributed by atoms with Gasteiger partial charge in [-0.15, -0.1) is 0 Å². The number of rotatable bonds is 7. The Kier molecular flexibility index (Phi) is 9.04. The van der Waals surface area contributed by atoms with Crippen LogP contribution in [0.2, 0.25) is 0 Å². The summed E-state index contributed by atoms with van der Waals surface area (Å²) >= 11 is 0. The van der Waals surface area contributed by atoms with Gasteiger partial charge in [-0.25, -0.2) is 0 Å². The first kappa shape index (κ1) is 41.4. The highest BCUT2D eigenvalue weighted by Gasteiger charge is 2.46. The maximum Gasteiger partial charge on any atom is 0.260 e. The number of benzene rings is 10. The van der Waals surface area contributed by atoms with Crippen molar-refractivity contribution in [3.63, 3.8) is 0 Å². The highest BCUT2D eigenvalue weighted by atomic mass is 16.5. The Bertz CT molecular complexity index is 3460. The molecule has 0 fully saturated rings. The molecular weight excluding hydrogens is 864 g/mol. The van der Waals surface area contributed by atoms with Crippen LogP contribution in [-0.4, -0.2) is 6.71 Å².